The number of fused-ring (bicyclic) bond motifs is 1. The van der Waals surface area contributed by atoms with Gasteiger partial charge in [0.1, 0.15) is 5.69 Å². The van der Waals surface area contributed by atoms with E-state index < -0.39 is 0 Å². The van der Waals surface area contributed by atoms with Gasteiger partial charge in [-0.1, -0.05) is 12.1 Å². The van der Waals surface area contributed by atoms with Crippen LogP contribution in [0.4, 0.5) is 5.95 Å². The Hall–Kier alpha value is -3.68. The van der Waals surface area contributed by atoms with Gasteiger partial charge in [0.2, 0.25) is 12.7 Å². The van der Waals surface area contributed by atoms with Gasteiger partial charge in [0.05, 0.1) is 0 Å². The number of benzene rings is 1. The molecule has 1 aliphatic rings. The van der Waals surface area contributed by atoms with Crippen LogP contribution in [-0.2, 0) is 13.1 Å². The molecule has 0 saturated carbocycles. The van der Waals surface area contributed by atoms with Crippen LogP contribution in [0.1, 0.15) is 21.6 Å². The third-order valence-electron chi connectivity index (χ3n) is 3.95. The molecule has 0 saturated heterocycles. The quantitative estimate of drug-likeness (QED) is 0.692. The average molecular weight is 363 g/mol. The summed E-state index contributed by atoms with van der Waals surface area (Å²) in [7, 11) is 0. The summed E-state index contributed by atoms with van der Waals surface area (Å²) >= 11 is 0. The van der Waals surface area contributed by atoms with Crippen LogP contribution in [0.5, 0.6) is 11.5 Å². The summed E-state index contributed by atoms with van der Waals surface area (Å²) in [6, 6.07) is 10.9. The van der Waals surface area contributed by atoms with Crippen LogP contribution in [0, 0.1) is 0 Å². The number of hydrogen-bond acceptors (Lipinski definition) is 7. The Morgan fingerprint density at radius 1 is 1.04 bits per heavy atom. The van der Waals surface area contributed by atoms with Crippen LogP contribution in [-0.4, -0.2) is 27.7 Å². The number of aromatic nitrogens is 3. The van der Waals surface area contributed by atoms with Crippen molar-refractivity contribution >= 4 is 11.9 Å². The van der Waals surface area contributed by atoms with E-state index >= 15 is 0 Å². The molecule has 3 aromatic rings. The van der Waals surface area contributed by atoms with Crippen molar-refractivity contribution in [3.8, 4) is 11.5 Å². The van der Waals surface area contributed by atoms with Crippen LogP contribution in [0.3, 0.4) is 0 Å². The first-order valence-corrected chi connectivity index (χ1v) is 8.40. The zero-order valence-corrected chi connectivity index (χ0v) is 14.4. The van der Waals surface area contributed by atoms with E-state index in [1.807, 2.05) is 30.3 Å². The van der Waals surface area contributed by atoms with Crippen LogP contribution in [0.15, 0.2) is 55.0 Å². The van der Waals surface area contributed by atoms with E-state index in [1.54, 1.807) is 24.7 Å². The second-order valence-electron chi connectivity index (χ2n) is 5.85. The van der Waals surface area contributed by atoms with Crippen molar-refractivity contribution < 1.29 is 14.3 Å². The summed E-state index contributed by atoms with van der Waals surface area (Å²) in [6.07, 6.45) is 5.02. The van der Waals surface area contributed by atoms with Crippen LogP contribution in [0.25, 0.3) is 0 Å². The number of carbonyl (C=O) groups excluding carboxylic acids is 1. The van der Waals surface area contributed by atoms with Gasteiger partial charge in [-0.25, -0.2) is 9.97 Å². The molecule has 8 nitrogen and oxygen atoms in total. The second-order valence-corrected chi connectivity index (χ2v) is 5.85. The van der Waals surface area contributed by atoms with Crippen LogP contribution in [0.2, 0.25) is 0 Å². The molecular formula is C19H17N5O3. The predicted octanol–water partition coefficient (Wildman–Crippen LogP) is 2.14. The highest BCUT2D eigenvalue weighted by Gasteiger charge is 2.14. The topological polar surface area (TPSA) is 98.3 Å². The molecule has 8 heteroatoms. The lowest BCUT2D eigenvalue weighted by Gasteiger charge is -2.08. The Morgan fingerprint density at radius 3 is 2.85 bits per heavy atom. The number of amides is 1. The number of carbonyl (C=O) groups is 1. The van der Waals surface area contributed by atoms with E-state index in [9.17, 15) is 4.79 Å². The number of ether oxygens (including phenoxy) is 2. The summed E-state index contributed by atoms with van der Waals surface area (Å²) < 4.78 is 10.6. The number of nitrogens with zero attached hydrogens (tertiary/aromatic N) is 3. The molecule has 2 N–H and O–H groups in total. The highest BCUT2D eigenvalue weighted by atomic mass is 16.7. The van der Waals surface area contributed by atoms with Crippen molar-refractivity contribution in [3.63, 3.8) is 0 Å². The fourth-order valence-electron chi connectivity index (χ4n) is 2.58. The Kier molecular flexibility index (Phi) is 4.78. The van der Waals surface area contributed by atoms with Gasteiger partial charge >= 0.3 is 0 Å². The molecule has 27 heavy (non-hydrogen) atoms. The summed E-state index contributed by atoms with van der Waals surface area (Å²) in [4.78, 5) is 24.8. The molecular weight excluding hydrogens is 346 g/mol. The lowest BCUT2D eigenvalue weighted by Crippen LogP contribution is -2.24. The molecule has 1 amide bonds. The van der Waals surface area contributed by atoms with Crippen molar-refractivity contribution in [3.05, 3.63) is 71.8 Å². The fourth-order valence-corrected chi connectivity index (χ4v) is 2.58. The fraction of sp³-hybridized carbons (Fsp3) is 0.158. The minimum atomic E-state index is -0.278. The summed E-state index contributed by atoms with van der Waals surface area (Å²) in [6.45, 7) is 1.11. The van der Waals surface area contributed by atoms with Gasteiger partial charge in [-0.15, -0.1) is 0 Å². The predicted molar refractivity (Wildman–Crippen MR) is 97.3 cm³/mol. The van der Waals surface area contributed by atoms with Gasteiger partial charge in [0, 0.05) is 31.7 Å². The minimum Gasteiger partial charge on any atom is -0.454 e. The van der Waals surface area contributed by atoms with E-state index in [1.165, 1.54) is 0 Å². The molecule has 0 unspecified atom stereocenters. The van der Waals surface area contributed by atoms with E-state index in [4.69, 9.17) is 9.47 Å². The van der Waals surface area contributed by atoms with Gasteiger partial charge in [0.15, 0.2) is 11.5 Å². The van der Waals surface area contributed by atoms with Gasteiger partial charge in [-0.05, 0) is 35.4 Å². The Labute approximate surface area is 155 Å². The first kappa shape index (κ1) is 16.8. The summed E-state index contributed by atoms with van der Waals surface area (Å²) in [5.41, 5.74) is 2.20. The number of anilines is 1. The molecule has 0 spiro atoms. The molecule has 3 heterocycles. The van der Waals surface area contributed by atoms with Crippen LogP contribution >= 0.6 is 0 Å². The summed E-state index contributed by atoms with van der Waals surface area (Å²) in [5, 5.41) is 5.93. The van der Waals surface area contributed by atoms with Crippen molar-refractivity contribution in [2.45, 2.75) is 13.1 Å². The largest absolute Gasteiger partial charge is 0.454 e. The number of nitrogens with one attached hydrogen (secondary N) is 2. The Balaban J connectivity index is 1.36. The SMILES string of the molecule is O=C(NCc1ccc2c(c1)OCO2)c1ccnc(NCc2cccnc2)n1. The van der Waals surface area contributed by atoms with Gasteiger partial charge in [-0.3, -0.25) is 9.78 Å². The minimum absolute atomic E-state index is 0.223. The smallest absolute Gasteiger partial charge is 0.270 e. The number of pyridine rings is 1. The monoisotopic (exact) mass is 363 g/mol. The molecule has 1 aliphatic heterocycles. The maximum atomic E-state index is 12.4. The molecule has 0 fully saturated rings. The number of rotatable bonds is 6. The lowest BCUT2D eigenvalue weighted by atomic mass is 10.2. The first-order chi connectivity index (χ1) is 13.3. The van der Waals surface area contributed by atoms with Gasteiger partial charge in [0.25, 0.3) is 5.91 Å². The normalized spacial score (nSPS) is 11.9. The first-order valence-electron chi connectivity index (χ1n) is 8.40. The molecule has 1 aromatic carbocycles. The third-order valence-corrected chi connectivity index (χ3v) is 3.95. The van der Waals surface area contributed by atoms with E-state index in [0.717, 1.165) is 11.1 Å². The van der Waals surface area contributed by atoms with Crippen LogP contribution < -0.4 is 20.1 Å². The second kappa shape index (κ2) is 7.69. The summed E-state index contributed by atoms with van der Waals surface area (Å²) in [5.74, 6) is 1.50. The molecule has 0 aliphatic carbocycles. The van der Waals surface area contributed by atoms with Crippen molar-refractivity contribution in [1.82, 2.24) is 20.3 Å². The highest BCUT2D eigenvalue weighted by molar-refractivity contribution is 5.92. The lowest BCUT2D eigenvalue weighted by molar-refractivity contribution is 0.0946. The zero-order valence-electron chi connectivity index (χ0n) is 14.4. The van der Waals surface area contributed by atoms with Crippen molar-refractivity contribution in [2.75, 3.05) is 12.1 Å². The maximum Gasteiger partial charge on any atom is 0.270 e. The van der Waals surface area contributed by atoms with Gasteiger partial charge < -0.3 is 20.1 Å². The van der Waals surface area contributed by atoms with E-state index in [2.05, 4.69) is 25.6 Å². The van der Waals surface area contributed by atoms with E-state index in [-0.39, 0.29) is 12.7 Å². The third kappa shape index (κ3) is 4.12. The molecule has 0 bridgehead atoms. The Bertz CT molecular complexity index is 949. The average Bonchev–Trinajstić information content (AvgIpc) is 3.19. The van der Waals surface area contributed by atoms with Crippen molar-refractivity contribution in [1.29, 1.82) is 0 Å². The zero-order chi connectivity index (χ0) is 18.5. The molecule has 0 radical (unpaired) electrons. The molecule has 0 atom stereocenters. The number of hydrogen-bond donors (Lipinski definition) is 2. The molecule has 136 valence electrons. The Morgan fingerprint density at radius 2 is 1.96 bits per heavy atom. The molecule has 2 aromatic heterocycles. The maximum absolute atomic E-state index is 12.4. The van der Waals surface area contributed by atoms with Gasteiger partial charge in [-0.2, -0.15) is 0 Å². The van der Waals surface area contributed by atoms with Crippen molar-refractivity contribution in [2.24, 2.45) is 0 Å². The molecule has 4 rings (SSSR count). The standard InChI is InChI=1S/C19H17N5O3/c25-18(22-10-13-3-4-16-17(8-13)27-12-26-16)15-5-7-21-19(24-15)23-11-14-2-1-6-20-9-14/h1-9H,10-12H2,(H,22,25)(H,21,23,24). The highest BCUT2D eigenvalue weighted by Crippen LogP contribution is 2.32. The van der Waals surface area contributed by atoms with E-state index in [0.29, 0.717) is 36.2 Å².